The molecule has 1 aliphatic carbocycles. The van der Waals surface area contributed by atoms with Crippen LogP contribution in [0, 0.1) is 5.41 Å². The van der Waals surface area contributed by atoms with Gasteiger partial charge in [-0.1, -0.05) is 12.8 Å². The molecule has 3 amide bonds. The van der Waals surface area contributed by atoms with Crippen LogP contribution in [0.25, 0.3) is 0 Å². The van der Waals surface area contributed by atoms with Gasteiger partial charge in [0.15, 0.2) is 0 Å². The van der Waals surface area contributed by atoms with Crippen LogP contribution in [0.4, 0.5) is 4.79 Å². The standard InChI is InChI=1S/C13H21N3O4/c1-16-7-4-9(10(16)17)15-12(20)14-8-13(11(18)19)5-2-3-6-13/h9H,2-8H2,1H3,(H,18,19)(H2,14,15,20). The fourth-order valence-corrected chi connectivity index (χ4v) is 2.93. The molecule has 0 radical (unpaired) electrons. The zero-order valence-corrected chi connectivity index (χ0v) is 11.6. The quantitative estimate of drug-likeness (QED) is 0.684. The number of likely N-dealkylation sites (tertiary alicyclic amines) is 1. The summed E-state index contributed by atoms with van der Waals surface area (Å²) in [6.45, 7) is 0.744. The number of aliphatic carboxylic acids is 1. The van der Waals surface area contributed by atoms with Crippen LogP contribution >= 0.6 is 0 Å². The number of likely N-dealkylation sites (N-methyl/N-ethyl adjacent to an activating group) is 1. The average molecular weight is 283 g/mol. The number of carbonyl (C=O) groups is 3. The molecule has 1 saturated heterocycles. The Bertz CT molecular complexity index is 418. The first-order valence-electron chi connectivity index (χ1n) is 6.97. The van der Waals surface area contributed by atoms with Crippen LogP contribution in [0.3, 0.4) is 0 Å². The Morgan fingerprint density at radius 2 is 2.05 bits per heavy atom. The maximum Gasteiger partial charge on any atom is 0.315 e. The van der Waals surface area contributed by atoms with Crippen molar-refractivity contribution in [3.05, 3.63) is 0 Å². The second-order valence-electron chi connectivity index (χ2n) is 5.72. The Balaban J connectivity index is 1.83. The Morgan fingerprint density at radius 1 is 1.40 bits per heavy atom. The summed E-state index contributed by atoms with van der Waals surface area (Å²) in [4.78, 5) is 36.4. The topological polar surface area (TPSA) is 98.7 Å². The molecular weight excluding hydrogens is 262 g/mol. The Hall–Kier alpha value is -1.79. The highest BCUT2D eigenvalue weighted by Crippen LogP contribution is 2.37. The lowest BCUT2D eigenvalue weighted by molar-refractivity contribution is -0.148. The molecule has 0 aromatic heterocycles. The summed E-state index contributed by atoms with van der Waals surface area (Å²) in [5.74, 6) is -0.957. The molecule has 1 unspecified atom stereocenters. The van der Waals surface area contributed by atoms with Crippen LogP contribution in [-0.2, 0) is 9.59 Å². The van der Waals surface area contributed by atoms with E-state index in [4.69, 9.17) is 0 Å². The summed E-state index contributed by atoms with van der Waals surface area (Å²) in [5, 5.41) is 14.5. The minimum atomic E-state index is -0.855. The summed E-state index contributed by atoms with van der Waals surface area (Å²) in [6, 6.07) is -0.962. The number of urea groups is 1. The van der Waals surface area contributed by atoms with Gasteiger partial charge in [0, 0.05) is 20.1 Å². The van der Waals surface area contributed by atoms with Gasteiger partial charge in [-0.25, -0.2) is 4.79 Å². The highest BCUT2D eigenvalue weighted by Gasteiger charge is 2.41. The fourth-order valence-electron chi connectivity index (χ4n) is 2.93. The van der Waals surface area contributed by atoms with Gasteiger partial charge in [-0.3, -0.25) is 9.59 Å². The van der Waals surface area contributed by atoms with Crippen LogP contribution in [0.5, 0.6) is 0 Å². The summed E-state index contributed by atoms with van der Waals surface area (Å²) in [7, 11) is 1.69. The molecule has 1 saturated carbocycles. The zero-order chi connectivity index (χ0) is 14.8. The molecule has 20 heavy (non-hydrogen) atoms. The zero-order valence-electron chi connectivity index (χ0n) is 11.6. The predicted octanol–water partition coefficient (Wildman–Crippen LogP) is 0.161. The smallest absolute Gasteiger partial charge is 0.315 e. The first kappa shape index (κ1) is 14.6. The Morgan fingerprint density at radius 3 is 2.55 bits per heavy atom. The minimum Gasteiger partial charge on any atom is -0.481 e. The number of nitrogens with one attached hydrogen (secondary N) is 2. The number of hydrogen-bond acceptors (Lipinski definition) is 3. The molecule has 0 aromatic rings. The fraction of sp³-hybridized carbons (Fsp3) is 0.769. The van der Waals surface area contributed by atoms with Crippen LogP contribution in [-0.4, -0.2) is 54.1 Å². The third-order valence-electron chi connectivity index (χ3n) is 4.33. The molecule has 1 heterocycles. The number of nitrogens with zero attached hydrogens (tertiary/aromatic N) is 1. The highest BCUT2D eigenvalue weighted by molar-refractivity contribution is 5.88. The number of carboxylic acid groups (broad SMARTS) is 1. The molecule has 7 nitrogen and oxygen atoms in total. The summed E-state index contributed by atoms with van der Waals surface area (Å²) in [6.07, 6.45) is 3.53. The second kappa shape index (κ2) is 5.68. The van der Waals surface area contributed by atoms with E-state index in [0.29, 0.717) is 25.8 Å². The first-order chi connectivity index (χ1) is 9.44. The lowest BCUT2D eigenvalue weighted by Gasteiger charge is -2.24. The van der Waals surface area contributed by atoms with Crippen molar-refractivity contribution in [2.75, 3.05) is 20.1 Å². The number of carboxylic acids is 1. The molecule has 0 aromatic carbocycles. The Labute approximate surface area is 117 Å². The lowest BCUT2D eigenvalue weighted by atomic mass is 9.86. The molecule has 112 valence electrons. The van der Waals surface area contributed by atoms with Crippen LogP contribution in [0.2, 0.25) is 0 Å². The number of rotatable bonds is 4. The molecule has 1 aliphatic heterocycles. The molecule has 0 spiro atoms. The maximum absolute atomic E-state index is 11.8. The van der Waals surface area contributed by atoms with Gasteiger partial charge >= 0.3 is 12.0 Å². The van der Waals surface area contributed by atoms with Gasteiger partial charge in [0.2, 0.25) is 5.91 Å². The first-order valence-corrected chi connectivity index (χ1v) is 6.97. The van der Waals surface area contributed by atoms with Crippen molar-refractivity contribution in [3.8, 4) is 0 Å². The van der Waals surface area contributed by atoms with Gasteiger partial charge in [0.05, 0.1) is 5.41 Å². The SMILES string of the molecule is CN1CCC(NC(=O)NCC2(C(=O)O)CCCC2)C1=O. The number of amides is 3. The average Bonchev–Trinajstić information content (AvgIpc) is 3.00. The van der Waals surface area contributed by atoms with Crippen molar-refractivity contribution in [1.29, 1.82) is 0 Å². The van der Waals surface area contributed by atoms with Gasteiger partial charge in [0.1, 0.15) is 6.04 Å². The van der Waals surface area contributed by atoms with Gasteiger partial charge in [-0.05, 0) is 19.3 Å². The summed E-state index contributed by atoms with van der Waals surface area (Å²) in [5.41, 5.74) is -0.839. The van der Waals surface area contributed by atoms with Gasteiger partial charge in [-0.15, -0.1) is 0 Å². The molecule has 7 heteroatoms. The van der Waals surface area contributed by atoms with E-state index in [1.54, 1.807) is 11.9 Å². The van der Waals surface area contributed by atoms with Gasteiger partial charge < -0.3 is 20.6 Å². The molecule has 0 bridgehead atoms. The molecule has 2 aliphatic rings. The molecule has 1 atom stereocenters. The highest BCUT2D eigenvalue weighted by atomic mass is 16.4. The largest absolute Gasteiger partial charge is 0.481 e. The third kappa shape index (κ3) is 2.86. The van der Waals surface area contributed by atoms with Crippen LogP contribution in [0.1, 0.15) is 32.1 Å². The lowest BCUT2D eigenvalue weighted by Crippen LogP contribution is -2.49. The normalized spacial score (nSPS) is 24.8. The van der Waals surface area contributed by atoms with Crippen LogP contribution < -0.4 is 10.6 Å². The van der Waals surface area contributed by atoms with E-state index >= 15 is 0 Å². The minimum absolute atomic E-state index is 0.103. The number of carbonyl (C=O) groups excluding carboxylic acids is 2. The van der Waals surface area contributed by atoms with E-state index in [2.05, 4.69) is 10.6 Å². The second-order valence-corrected chi connectivity index (χ2v) is 5.72. The predicted molar refractivity (Wildman–Crippen MR) is 71.1 cm³/mol. The van der Waals surface area contributed by atoms with Crippen LogP contribution in [0.15, 0.2) is 0 Å². The Kier molecular flexibility index (Phi) is 4.15. The molecular formula is C13H21N3O4. The monoisotopic (exact) mass is 283 g/mol. The van der Waals surface area contributed by atoms with Gasteiger partial charge in [-0.2, -0.15) is 0 Å². The van der Waals surface area contributed by atoms with E-state index in [1.165, 1.54) is 0 Å². The van der Waals surface area contributed by atoms with Crippen molar-refractivity contribution in [2.24, 2.45) is 5.41 Å². The number of hydrogen-bond donors (Lipinski definition) is 3. The molecule has 3 N–H and O–H groups in total. The van der Waals surface area contributed by atoms with Crippen molar-refractivity contribution in [1.82, 2.24) is 15.5 Å². The van der Waals surface area contributed by atoms with Crippen molar-refractivity contribution in [3.63, 3.8) is 0 Å². The third-order valence-corrected chi connectivity index (χ3v) is 4.33. The maximum atomic E-state index is 11.8. The van der Waals surface area contributed by atoms with Gasteiger partial charge in [0.25, 0.3) is 0 Å². The molecule has 2 fully saturated rings. The molecule has 2 rings (SSSR count). The van der Waals surface area contributed by atoms with Crippen molar-refractivity contribution >= 4 is 17.9 Å². The summed E-state index contributed by atoms with van der Waals surface area (Å²) < 4.78 is 0. The van der Waals surface area contributed by atoms with E-state index in [9.17, 15) is 19.5 Å². The van der Waals surface area contributed by atoms with Crippen molar-refractivity contribution < 1.29 is 19.5 Å². The van der Waals surface area contributed by atoms with E-state index in [0.717, 1.165) is 12.8 Å². The van der Waals surface area contributed by atoms with E-state index < -0.39 is 23.5 Å². The summed E-state index contributed by atoms with van der Waals surface area (Å²) >= 11 is 0. The van der Waals surface area contributed by atoms with E-state index in [-0.39, 0.29) is 12.5 Å². The van der Waals surface area contributed by atoms with E-state index in [1.807, 2.05) is 0 Å². The van der Waals surface area contributed by atoms with Crippen molar-refractivity contribution in [2.45, 2.75) is 38.1 Å².